The Bertz CT molecular complexity index is 200. The molecule has 15 heavy (non-hydrogen) atoms. The molecule has 0 spiro atoms. The van der Waals surface area contributed by atoms with Crippen LogP contribution in [0.3, 0.4) is 0 Å². The van der Waals surface area contributed by atoms with Gasteiger partial charge in [-0.15, -0.1) is 0 Å². The Hall–Kier alpha value is -0.570. The summed E-state index contributed by atoms with van der Waals surface area (Å²) in [6.45, 7) is 5.07. The molecule has 1 amide bonds. The lowest BCUT2D eigenvalue weighted by Crippen LogP contribution is -2.34. The molecule has 1 fully saturated rings. The summed E-state index contributed by atoms with van der Waals surface area (Å²) in [6.07, 6.45) is 5.15. The number of amides is 1. The number of carbonyl (C=O) groups is 1. The zero-order valence-corrected chi connectivity index (χ0v) is 10.2. The first kappa shape index (κ1) is 12.5. The van der Waals surface area contributed by atoms with E-state index in [4.69, 9.17) is 4.74 Å². The highest BCUT2D eigenvalue weighted by Gasteiger charge is 2.19. The van der Waals surface area contributed by atoms with Crippen LogP contribution in [0.1, 0.15) is 46.0 Å². The number of carbonyl (C=O) groups excluding carboxylic acids is 1. The van der Waals surface area contributed by atoms with Crippen molar-refractivity contribution in [2.75, 3.05) is 13.7 Å². The van der Waals surface area contributed by atoms with Gasteiger partial charge in [-0.3, -0.25) is 4.79 Å². The van der Waals surface area contributed by atoms with Crippen molar-refractivity contribution in [2.45, 2.75) is 58.1 Å². The number of hydrogen-bond acceptors (Lipinski definition) is 2. The van der Waals surface area contributed by atoms with E-state index < -0.39 is 0 Å². The van der Waals surface area contributed by atoms with Gasteiger partial charge in [0.15, 0.2) is 0 Å². The summed E-state index contributed by atoms with van der Waals surface area (Å²) in [4.78, 5) is 13.6. The van der Waals surface area contributed by atoms with Gasteiger partial charge in [-0.05, 0) is 32.6 Å². The van der Waals surface area contributed by atoms with Crippen molar-refractivity contribution in [2.24, 2.45) is 0 Å². The molecule has 0 radical (unpaired) electrons. The molecule has 2 unspecified atom stereocenters. The molecule has 0 aromatic heterocycles. The average Bonchev–Trinajstić information content (AvgIpc) is 2.76. The zero-order valence-electron chi connectivity index (χ0n) is 10.2. The molecule has 0 aromatic carbocycles. The standard InChI is InChI=1S/C12H23NO2/c1-4-10(2)13(3)12(14)8-7-11-6-5-9-15-11/h10-11H,4-9H2,1-3H3. The Balaban J connectivity index is 2.22. The molecule has 1 aliphatic heterocycles. The fraction of sp³-hybridized carbons (Fsp3) is 0.917. The van der Waals surface area contributed by atoms with Gasteiger partial charge >= 0.3 is 0 Å². The lowest BCUT2D eigenvalue weighted by molar-refractivity contribution is -0.132. The molecule has 0 aromatic rings. The first-order valence-corrected chi connectivity index (χ1v) is 6.02. The number of rotatable bonds is 5. The van der Waals surface area contributed by atoms with Crippen LogP contribution in [0, 0.1) is 0 Å². The largest absolute Gasteiger partial charge is 0.378 e. The van der Waals surface area contributed by atoms with Gasteiger partial charge in [-0.1, -0.05) is 6.92 Å². The van der Waals surface area contributed by atoms with Gasteiger partial charge in [-0.2, -0.15) is 0 Å². The zero-order chi connectivity index (χ0) is 11.3. The maximum atomic E-state index is 11.8. The highest BCUT2D eigenvalue weighted by Crippen LogP contribution is 2.17. The topological polar surface area (TPSA) is 29.5 Å². The molecule has 88 valence electrons. The van der Waals surface area contributed by atoms with Crippen LogP contribution < -0.4 is 0 Å². The Labute approximate surface area is 92.8 Å². The maximum absolute atomic E-state index is 11.8. The normalized spacial score (nSPS) is 22.7. The smallest absolute Gasteiger partial charge is 0.222 e. The van der Waals surface area contributed by atoms with Crippen molar-refractivity contribution < 1.29 is 9.53 Å². The Morgan fingerprint density at radius 2 is 2.33 bits per heavy atom. The molecule has 3 heteroatoms. The lowest BCUT2D eigenvalue weighted by Gasteiger charge is -2.24. The molecule has 0 saturated carbocycles. The molecule has 1 rings (SSSR count). The minimum absolute atomic E-state index is 0.250. The second-order valence-electron chi connectivity index (χ2n) is 4.44. The third-order valence-electron chi connectivity index (χ3n) is 3.35. The Morgan fingerprint density at radius 1 is 1.60 bits per heavy atom. The van der Waals surface area contributed by atoms with E-state index in [1.807, 2.05) is 11.9 Å². The van der Waals surface area contributed by atoms with E-state index in [1.54, 1.807) is 0 Å². The molecular weight excluding hydrogens is 190 g/mol. The van der Waals surface area contributed by atoms with Crippen molar-refractivity contribution in [1.29, 1.82) is 0 Å². The predicted octanol–water partition coefficient (Wildman–Crippen LogP) is 2.20. The molecule has 1 heterocycles. The summed E-state index contributed by atoms with van der Waals surface area (Å²) < 4.78 is 5.50. The van der Waals surface area contributed by atoms with Crippen molar-refractivity contribution in [3.63, 3.8) is 0 Å². The SMILES string of the molecule is CCC(C)N(C)C(=O)CCC1CCCO1. The Morgan fingerprint density at radius 3 is 2.87 bits per heavy atom. The third-order valence-corrected chi connectivity index (χ3v) is 3.35. The van der Waals surface area contributed by atoms with E-state index in [9.17, 15) is 4.79 Å². The minimum atomic E-state index is 0.250. The van der Waals surface area contributed by atoms with Crippen LogP contribution >= 0.6 is 0 Å². The van der Waals surface area contributed by atoms with Crippen LogP contribution in [0.25, 0.3) is 0 Å². The van der Waals surface area contributed by atoms with Crippen molar-refractivity contribution in [3.05, 3.63) is 0 Å². The maximum Gasteiger partial charge on any atom is 0.222 e. The first-order valence-electron chi connectivity index (χ1n) is 6.02. The average molecular weight is 213 g/mol. The quantitative estimate of drug-likeness (QED) is 0.700. The van der Waals surface area contributed by atoms with Gasteiger partial charge in [-0.25, -0.2) is 0 Å². The predicted molar refractivity (Wildman–Crippen MR) is 60.7 cm³/mol. The van der Waals surface area contributed by atoms with Crippen molar-refractivity contribution in [1.82, 2.24) is 4.90 Å². The Kier molecular flexibility index (Phi) is 5.09. The van der Waals surface area contributed by atoms with Gasteiger partial charge in [0.1, 0.15) is 0 Å². The van der Waals surface area contributed by atoms with Crippen LogP contribution in [0.4, 0.5) is 0 Å². The van der Waals surface area contributed by atoms with Crippen LogP contribution in [0.15, 0.2) is 0 Å². The first-order chi connectivity index (χ1) is 7.15. The third kappa shape index (κ3) is 3.82. The minimum Gasteiger partial charge on any atom is -0.378 e. The second-order valence-corrected chi connectivity index (χ2v) is 4.44. The summed E-state index contributed by atoms with van der Waals surface area (Å²) >= 11 is 0. The van der Waals surface area contributed by atoms with E-state index in [0.29, 0.717) is 18.6 Å². The molecule has 1 saturated heterocycles. The number of ether oxygens (including phenoxy) is 1. The van der Waals surface area contributed by atoms with E-state index >= 15 is 0 Å². The van der Waals surface area contributed by atoms with Gasteiger partial charge < -0.3 is 9.64 Å². The second kappa shape index (κ2) is 6.11. The summed E-state index contributed by atoms with van der Waals surface area (Å²) in [5.41, 5.74) is 0. The molecule has 0 aliphatic carbocycles. The van der Waals surface area contributed by atoms with E-state index in [0.717, 1.165) is 32.3 Å². The fourth-order valence-corrected chi connectivity index (χ4v) is 1.85. The van der Waals surface area contributed by atoms with Crippen LogP contribution in [0.2, 0.25) is 0 Å². The highest BCUT2D eigenvalue weighted by molar-refractivity contribution is 5.76. The summed E-state index contributed by atoms with van der Waals surface area (Å²) in [5.74, 6) is 0.250. The monoisotopic (exact) mass is 213 g/mol. The van der Waals surface area contributed by atoms with Gasteiger partial charge in [0, 0.05) is 26.1 Å². The summed E-state index contributed by atoms with van der Waals surface area (Å²) in [7, 11) is 1.89. The fourth-order valence-electron chi connectivity index (χ4n) is 1.85. The molecule has 2 atom stereocenters. The molecule has 0 N–H and O–H groups in total. The van der Waals surface area contributed by atoms with E-state index in [1.165, 1.54) is 0 Å². The van der Waals surface area contributed by atoms with Crippen LogP contribution in [-0.4, -0.2) is 36.6 Å². The van der Waals surface area contributed by atoms with Gasteiger partial charge in [0.2, 0.25) is 5.91 Å². The molecule has 1 aliphatic rings. The summed E-state index contributed by atoms with van der Waals surface area (Å²) in [5, 5.41) is 0. The molecule has 3 nitrogen and oxygen atoms in total. The van der Waals surface area contributed by atoms with Gasteiger partial charge in [0.25, 0.3) is 0 Å². The van der Waals surface area contributed by atoms with E-state index in [-0.39, 0.29) is 5.91 Å². The van der Waals surface area contributed by atoms with Crippen LogP contribution in [0.5, 0.6) is 0 Å². The molecule has 0 bridgehead atoms. The lowest BCUT2D eigenvalue weighted by atomic mass is 10.1. The number of nitrogens with zero attached hydrogens (tertiary/aromatic N) is 1. The summed E-state index contributed by atoms with van der Waals surface area (Å²) in [6, 6.07) is 0.349. The van der Waals surface area contributed by atoms with Crippen molar-refractivity contribution in [3.8, 4) is 0 Å². The highest BCUT2D eigenvalue weighted by atomic mass is 16.5. The van der Waals surface area contributed by atoms with Crippen LogP contribution in [-0.2, 0) is 9.53 Å². The van der Waals surface area contributed by atoms with Gasteiger partial charge in [0.05, 0.1) is 6.10 Å². The van der Waals surface area contributed by atoms with Crippen molar-refractivity contribution >= 4 is 5.91 Å². The number of hydrogen-bond donors (Lipinski definition) is 0. The van der Waals surface area contributed by atoms with E-state index in [2.05, 4.69) is 13.8 Å². The molecular formula is C12H23NO2.